The zero-order valence-electron chi connectivity index (χ0n) is 8.60. The summed E-state index contributed by atoms with van der Waals surface area (Å²) < 4.78 is 0. The van der Waals surface area contributed by atoms with Gasteiger partial charge in [0.15, 0.2) is 0 Å². The molecule has 2 rings (SSSR count). The normalized spacial score (nSPS) is 12.9. The molecule has 0 radical (unpaired) electrons. The molecule has 1 unspecified atom stereocenters. The van der Waals surface area contributed by atoms with Crippen LogP contribution in [0, 0.1) is 0 Å². The molecule has 0 aliphatic rings. The SMILES string of the molecule is CCC(CN)c1ncc(-c2nccs2)[nH]1. The van der Waals surface area contributed by atoms with Crippen LogP contribution in [0.15, 0.2) is 17.8 Å². The van der Waals surface area contributed by atoms with Gasteiger partial charge in [0, 0.05) is 24.0 Å². The van der Waals surface area contributed by atoms with E-state index < -0.39 is 0 Å². The number of nitrogens with two attached hydrogens (primary N) is 1. The molecule has 3 N–H and O–H groups in total. The zero-order chi connectivity index (χ0) is 10.7. The fourth-order valence-corrected chi connectivity index (χ4v) is 2.08. The lowest BCUT2D eigenvalue weighted by molar-refractivity contribution is 0.639. The highest BCUT2D eigenvalue weighted by Gasteiger charge is 2.12. The zero-order valence-corrected chi connectivity index (χ0v) is 9.42. The Labute approximate surface area is 92.6 Å². The first-order valence-corrected chi connectivity index (χ1v) is 5.88. The van der Waals surface area contributed by atoms with Gasteiger partial charge in [-0.25, -0.2) is 9.97 Å². The molecule has 80 valence electrons. The molecule has 5 heteroatoms. The monoisotopic (exact) mass is 222 g/mol. The third-order valence-corrected chi connectivity index (χ3v) is 3.23. The number of hydrogen-bond donors (Lipinski definition) is 2. The van der Waals surface area contributed by atoms with Crippen molar-refractivity contribution < 1.29 is 0 Å². The first kappa shape index (κ1) is 10.3. The molecule has 0 aromatic carbocycles. The van der Waals surface area contributed by atoms with E-state index in [0.29, 0.717) is 12.5 Å². The van der Waals surface area contributed by atoms with Gasteiger partial charge in [0.1, 0.15) is 10.8 Å². The van der Waals surface area contributed by atoms with Crippen molar-refractivity contribution in [1.29, 1.82) is 0 Å². The molecule has 0 bridgehead atoms. The van der Waals surface area contributed by atoms with Crippen molar-refractivity contribution in [3.63, 3.8) is 0 Å². The van der Waals surface area contributed by atoms with E-state index in [9.17, 15) is 0 Å². The maximum Gasteiger partial charge on any atom is 0.141 e. The van der Waals surface area contributed by atoms with Crippen LogP contribution in [0.25, 0.3) is 10.7 Å². The average molecular weight is 222 g/mol. The summed E-state index contributed by atoms with van der Waals surface area (Å²) in [5, 5.41) is 2.93. The number of hydrogen-bond acceptors (Lipinski definition) is 4. The minimum Gasteiger partial charge on any atom is -0.340 e. The smallest absolute Gasteiger partial charge is 0.141 e. The van der Waals surface area contributed by atoms with Crippen LogP contribution in [0.2, 0.25) is 0 Å². The van der Waals surface area contributed by atoms with Crippen LogP contribution in [0.5, 0.6) is 0 Å². The molecule has 2 heterocycles. The van der Waals surface area contributed by atoms with E-state index in [1.807, 2.05) is 11.6 Å². The van der Waals surface area contributed by atoms with Crippen LogP contribution >= 0.6 is 11.3 Å². The summed E-state index contributed by atoms with van der Waals surface area (Å²) >= 11 is 1.60. The number of rotatable bonds is 4. The predicted octanol–water partition coefficient (Wildman–Crippen LogP) is 1.99. The highest BCUT2D eigenvalue weighted by Crippen LogP contribution is 2.22. The summed E-state index contributed by atoms with van der Waals surface area (Å²) in [5.74, 6) is 1.28. The van der Waals surface area contributed by atoms with Crippen LogP contribution in [-0.4, -0.2) is 21.5 Å². The van der Waals surface area contributed by atoms with Crippen molar-refractivity contribution in [2.45, 2.75) is 19.3 Å². The molecular formula is C10H14N4S. The van der Waals surface area contributed by atoms with Crippen molar-refractivity contribution in [3.8, 4) is 10.7 Å². The van der Waals surface area contributed by atoms with Gasteiger partial charge in [0.25, 0.3) is 0 Å². The molecule has 0 spiro atoms. The van der Waals surface area contributed by atoms with Crippen molar-refractivity contribution in [1.82, 2.24) is 15.0 Å². The molecule has 2 aromatic rings. The van der Waals surface area contributed by atoms with Gasteiger partial charge < -0.3 is 10.7 Å². The maximum atomic E-state index is 5.67. The van der Waals surface area contributed by atoms with Crippen LogP contribution in [0.4, 0.5) is 0 Å². The van der Waals surface area contributed by atoms with E-state index in [-0.39, 0.29) is 0 Å². The number of aromatic nitrogens is 3. The molecule has 4 nitrogen and oxygen atoms in total. The summed E-state index contributed by atoms with van der Waals surface area (Å²) in [6.45, 7) is 2.74. The lowest BCUT2D eigenvalue weighted by Crippen LogP contribution is -2.12. The molecule has 0 amide bonds. The highest BCUT2D eigenvalue weighted by molar-refractivity contribution is 7.13. The first-order valence-electron chi connectivity index (χ1n) is 5.00. The van der Waals surface area contributed by atoms with Gasteiger partial charge >= 0.3 is 0 Å². The Morgan fingerprint density at radius 3 is 3.00 bits per heavy atom. The topological polar surface area (TPSA) is 67.6 Å². The van der Waals surface area contributed by atoms with E-state index in [4.69, 9.17) is 5.73 Å². The van der Waals surface area contributed by atoms with Crippen LogP contribution in [0.3, 0.4) is 0 Å². The van der Waals surface area contributed by atoms with Crippen LogP contribution in [0.1, 0.15) is 25.1 Å². The number of H-pyrrole nitrogens is 1. The molecular weight excluding hydrogens is 208 g/mol. The van der Waals surface area contributed by atoms with Gasteiger partial charge in [-0.3, -0.25) is 0 Å². The summed E-state index contributed by atoms with van der Waals surface area (Å²) in [7, 11) is 0. The van der Waals surface area contributed by atoms with E-state index in [1.54, 1.807) is 17.5 Å². The van der Waals surface area contributed by atoms with Gasteiger partial charge in [-0.05, 0) is 6.42 Å². The van der Waals surface area contributed by atoms with E-state index in [1.165, 1.54) is 0 Å². The standard InChI is InChI=1S/C10H14N4S/c1-2-7(5-11)9-13-6-8(14-9)10-12-3-4-15-10/h3-4,6-7H,2,5,11H2,1H3,(H,13,14). The van der Waals surface area contributed by atoms with Crippen molar-refractivity contribution in [3.05, 3.63) is 23.6 Å². The predicted molar refractivity (Wildman–Crippen MR) is 61.8 cm³/mol. The van der Waals surface area contributed by atoms with Crippen molar-refractivity contribution >= 4 is 11.3 Å². The molecule has 0 fully saturated rings. The molecule has 0 aliphatic heterocycles. The van der Waals surface area contributed by atoms with Crippen molar-refractivity contribution in [2.24, 2.45) is 5.73 Å². The van der Waals surface area contributed by atoms with Crippen LogP contribution < -0.4 is 5.73 Å². The Bertz CT molecular complexity index is 403. The summed E-state index contributed by atoms with van der Waals surface area (Å²) in [6, 6.07) is 0. The average Bonchev–Trinajstić information content (AvgIpc) is 2.89. The van der Waals surface area contributed by atoms with E-state index >= 15 is 0 Å². The van der Waals surface area contributed by atoms with Crippen LogP contribution in [-0.2, 0) is 0 Å². The van der Waals surface area contributed by atoms with Gasteiger partial charge in [-0.15, -0.1) is 11.3 Å². The number of nitrogens with one attached hydrogen (secondary N) is 1. The third-order valence-electron chi connectivity index (χ3n) is 2.42. The minimum atomic E-state index is 0.318. The third kappa shape index (κ3) is 2.08. The Hall–Kier alpha value is -1.20. The van der Waals surface area contributed by atoms with Gasteiger partial charge in [0.05, 0.1) is 11.9 Å². The number of aromatic amines is 1. The Balaban J connectivity index is 2.24. The lowest BCUT2D eigenvalue weighted by Gasteiger charge is -2.07. The fourth-order valence-electron chi connectivity index (χ4n) is 1.48. The largest absolute Gasteiger partial charge is 0.340 e. The lowest BCUT2D eigenvalue weighted by atomic mass is 10.1. The summed E-state index contributed by atoms with van der Waals surface area (Å²) in [5.41, 5.74) is 6.65. The second-order valence-corrected chi connectivity index (χ2v) is 4.25. The molecule has 0 saturated carbocycles. The van der Waals surface area contributed by atoms with E-state index in [0.717, 1.165) is 22.9 Å². The molecule has 1 atom stereocenters. The number of nitrogens with zero attached hydrogens (tertiary/aromatic N) is 2. The summed E-state index contributed by atoms with van der Waals surface area (Å²) in [6.07, 6.45) is 4.62. The summed E-state index contributed by atoms with van der Waals surface area (Å²) in [4.78, 5) is 11.8. The quantitative estimate of drug-likeness (QED) is 0.831. The minimum absolute atomic E-state index is 0.318. The number of thiazole rings is 1. The fraction of sp³-hybridized carbons (Fsp3) is 0.400. The number of imidazole rings is 1. The molecule has 0 aliphatic carbocycles. The highest BCUT2D eigenvalue weighted by atomic mass is 32.1. The first-order chi connectivity index (χ1) is 7.35. The molecule has 15 heavy (non-hydrogen) atoms. The second kappa shape index (κ2) is 4.55. The molecule has 2 aromatic heterocycles. The van der Waals surface area contributed by atoms with Gasteiger partial charge in [-0.1, -0.05) is 6.92 Å². The molecule has 0 saturated heterocycles. The Morgan fingerprint density at radius 1 is 1.53 bits per heavy atom. The van der Waals surface area contributed by atoms with Gasteiger partial charge in [0.2, 0.25) is 0 Å². The Morgan fingerprint density at radius 2 is 2.40 bits per heavy atom. The van der Waals surface area contributed by atoms with Gasteiger partial charge in [-0.2, -0.15) is 0 Å². The van der Waals surface area contributed by atoms with Crippen molar-refractivity contribution in [2.75, 3.05) is 6.54 Å². The Kier molecular flexibility index (Phi) is 3.13. The second-order valence-electron chi connectivity index (χ2n) is 3.36. The maximum absolute atomic E-state index is 5.67. The van der Waals surface area contributed by atoms with E-state index in [2.05, 4.69) is 21.9 Å².